The number of carbonyl (C=O) groups is 1. The molecule has 0 aliphatic carbocycles. The first-order chi connectivity index (χ1) is 5.63. The van der Waals surface area contributed by atoms with E-state index in [1.807, 2.05) is 13.8 Å². The van der Waals surface area contributed by atoms with E-state index in [4.69, 9.17) is 0 Å². The maximum atomic E-state index is 11.4. The van der Waals surface area contributed by atoms with Crippen molar-refractivity contribution in [2.24, 2.45) is 0 Å². The van der Waals surface area contributed by atoms with E-state index in [1.165, 1.54) is 0 Å². The molecular formula is C11H18O. The van der Waals surface area contributed by atoms with Crippen molar-refractivity contribution in [1.82, 2.24) is 0 Å². The highest BCUT2D eigenvalue weighted by molar-refractivity contribution is 6.07. The van der Waals surface area contributed by atoms with E-state index < -0.39 is 0 Å². The van der Waals surface area contributed by atoms with Crippen LogP contribution >= 0.6 is 0 Å². The standard InChI is InChI=1S/C11H18O/c1-5-7-9(3)11(12)10(4)8-6-2/h3-8H2,1-2H3. The van der Waals surface area contributed by atoms with Crippen LogP contribution in [-0.2, 0) is 4.79 Å². The highest BCUT2D eigenvalue weighted by atomic mass is 16.1. The van der Waals surface area contributed by atoms with E-state index in [2.05, 4.69) is 13.2 Å². The molecule has 0 rings (SSSR count). The van der Waals surface area contributed by atoms with Crippen molar-refractivity contribution in [2.75, 3.05) is 0 Å². The van der Waals surface area contributed by atoms with Gasteiger partial charge in [0, 0.05) is 0 Å². The Morgan fingerprint density at radius 3 is 1.58 bits per heavy atom. The van der Waals surface area contributed by atoms with Gasteiger partial charge in [0.05, 0.1) is 0 Å². The van der Waals surface area contributed by atoms with Gasteiger partial charge in [-0.15, -0.1) is 0 Å². The van der Waals surface area contributed by atoms with Crippen molar-refractivity contribution in [3.05, 3.63) is 24.3 Å². The van der Waals surface area contributed by atoms with Crippen LogP contribution in [0, 0.1) is 0 Å². The number of ketones is 1. The van der Waals surface area contributed by atoms with Crippen LogP contribution in [0.5, 0.6) is 0 Å². The van der Waals surface area contributed by atoms with Crippen LogP contribution in [0.25, 0.3) is 0 Å². The quantitative estimate of drug-likeness (QED) is 0.553. The van der Waals surface area contributed by atoms with Gasteiger partial charge >= 0.3 is 0 Å². The van der Waals surface area contributed by atoms with Crippen molar-refractivity contribution >= 4 is 5.78 Å². The molecule has 1 nitrogen and oxygen atoms in total. The molecule has 0 aliphatic rings. The summed E-state index contributed by atoms with van der Waals surface area (Å²) in [6, 6.07) is 0. The number of hydrogen-bond donors (Lipinski definition) is 0. The highest BCUT2D eigenvalue weighted by Gasteiger charge is 2.08. The summed E-state index contributed by atoms with van der Waals surface area (Å²) in [5.41, 5.74) is 1.41. The monoisotopic (exact) mass is 166 g/mol. The second kappa shape index (κ2) is 5.76. The molecule has 0 bridgehead atoms. The molecule has 68 valence electrons. The van der Waals surface area contributed by atoms with Crippen molar-refractivity contribution in [3.8, 4) is 0 Å². The third-order valence-electron chi connectivity index (χ3n) is 1.75. The molecule has 12 heavy (non-hydrogen) atoms. The Hall–Kier alpha value is -0.850. The van der Waals surface area contributed by atoms with Crippen LogP contribution in [0.3, 0.4) is 0 Å². The molecule has 0 atom stereocenters. The Balaban J connectivity index is 4.01. The Labute approximate surface area is 75.2 Å². The molecule has 0 aromatic rings. The van der Waals surface area contributed by atoms with Crippen molar-refractivity contribution in [3.63, 3.8) is 0 Å². The minimum Gasteiger partial charge on any atom is -0.289 e. The molecule has 0 aliphatic heterocycles. The molecular weight excluding hydrogens is 148 g/mol. The van der Waals surface area contributed by atoms with Gasteiger partial charge in [-0.2, -0.15) is 0 Å². The van der Waals surface area contributed by atoms with Gasteiger partial charge in [0.25, 0.3) is 0 Å². The van der Waals surface area contributed by atoms with Gasteiger partial charge in [-0.1, -0.05) is 39.8 Å². The molecule has 0 spiro atoms. The molecule has 0 N–H and O–H groups in total. The summed E-state index contributed by atoms with van der Waals surface area (Å²) in [6.07, 6.45) is 3.54. The van der Waals surface area contributed by atoms with Crippen LogP contribution in [0.15, 0.2) is 24.3 Å². The minimum absolute atomic E-state index is 0.0682. The van der Waals surface area contributed by atoms with Crippen molar-refractivity contribution < 1.29 is 4.79 Å². The molecule has 0 unspecified atom stereocenters. The number of hydrogen-bond acceptors (Lipinski definition) is 1. The first-order valence-electron chi connectivity index (χ1n) is 4.53. The summed E-state index contributed by atoms with van der Waals surface area (Å²) in [4.78, 5) is 11.4. The number of rotatable bonds is 6. The lowest BCUT2D eigenvalue weighted by molar-refractivity contribution is -0.112. The maximum absolute atomic E-state index is 11.4. The average molecular weight is 166 g/mol. The van der Waals surface area contributed by atoms with Gasteiger partial charge in [0.2, 0.25) is 0 Å². The first-order valence-corrected chi connectivity index (χ1v) is 4.53. The molecule has 0 saturated carbocycles. The van der Waals surface area contributed by atoms with E-state index in [0.717, 1.165) is 25.7 Å². The summed E-state index contributed by atoms with van der Waals surface area (Å²) in [6.45, 7) is 11.6. The molecule has 0 saturated heterocycles. The fourth-order valence-electron chi connectivity index (χ4n) is 1.08. The van der Waals surface area contributed by atoms with Gasteiger partial charge in [-0.25, -0.2) is 0 Å². The lowest BCUT2D eigenvalue weighted by Crippen LogP contribution is -2.04. The van der Waals surface area contributed by atoms with Gasteiger partial charge < -0.3 is 0 Å². The summed E-state index contributed by atoms with van der Waals surface area (Å²) in [5.74, 6) is 0.0682. The molecule has 0 heterocycles. The molecule has 0 radical (unpaired) electrons. The summed E-state index contributed by atoms with van der Waals surface area (Å²) >= 11 is 0. The van der Waals surface area contributed by atoms with E-state index in [9.17, 15) is 4.79 Å². The Kier molecular flexibility index (Phi) is 5.35. The minimum atomic E-state index is 0.0682. The fraction of sp³-hybridized carbons (Fsp3) is 0.545. The van der Waals surface area contributed by atoms with Crippen LogP contribution in [0.4, 0.5) is 0 Å². The van der Waals surface area contributed by atoms with Gasteiger partial charge in [0.15, 0.2) is 5.78 Å². The molecule has 1 heteroatoms. The highest BCUT2D eigenvalue weighted by Crippen LogP contribution is 2.12. The molecule has 0 aromatic heterocycles. The predicted molar refractivity (Wildman–Crippen MR) is 53.1 cm³/mol. The molecule has 0 amide bonds. The zero-order valence-electron chi connectivity index (χ0n) is 8.15. The predicted octanol–water partition coefficient (Wildman–Crippen LogP) is 3.27. The largest absolute Gasteiger partial charge is 0.289 e. The normalized spacial score (nSPS) is 9.50. The van der Waals surface area contributed by atoms with Gasteiger partial charge in [-0.3, -0.25) is 4.79 Å². The van der Waals surface area contributed by atoms with Crippen LogP contribution in [-0.4, -0.2) is 5.78 Å². The van der Waals surface area contributed by atoms with E-state index >= 15 is 0 Å². The maximum Gasteiger partial charge on any atom is 0.183 e. The summed E-state index contributed by atoms with van der Waals surface area (Å²) < 4.78 is 0. The third-order valence-corrected chi connectivity index (χ3v) is 1.75. The first kappa shape index (κ1) is 11.2. The smallest absolute Gasteiger partial charge is 0.183 e. The molecule has 0 aromatic carbocycles. The van der Waals surface area contributed by atoms with Crippen molar-refractivity contribution in [1.29, 1.82) is 0 Å². The topological polar surface area (TPSA) is 17.1 Å². The van der Waals surface area contributed by atoms with E-state index in [-0.39, 0.29) is 5.78 Å². The van der Waals surface area contributed by atoms with Crippen LogP contribution < -0.4 is 0 Å². The van der Waals surface area contributed by atoms with E-state index in [1.54, 1.807) is 0 Å². The van der Waals surface area contributed by atoms with Gasteiger partial charge in [-0.05, 0) is 24.0 Å². The lowest BCUT2D eigenvalue weighted by atomic mass is 9.99. The Morgan fingerprint density at radius 1 is 1.00 bits per heavy atom. The lowest BCUT2D eigenvalue weighted by Gasteiger charge is -2.04. The van der Waals surface area contributed by atoms with Crippen molar-refractivity contribution in [2.45, 2.75) is 39.5 Å². The zero-order chi connectivity index (χ0) is 9.56. The van der Waals surface area contributed by atoms with E-state index in [0.29, 0.717) is 11.1 Å². The second-order valence-corrected chi connectivity index (χ2v) is 3.04. The number of allylic oxidation sites excluding steroid dienone is 2. The van der Waals surface area contributed by atoms with Gasteiger partial charge in [0.1, 0.15) is 0 Å². The Bertz CT molecular complexity index is 169. The molecule has 0 fully saturated rings. The summed E-state index contributed by atoms with van der Waals surface area (Å²) in [7, 11) is 0. The zero-order valence-corrected chi connectivity index (χ0v) is 8.15. The summed E-state index contributed by atoms with van der Waals surface area (Å²) in [5, 5.41) is 0. The number of carbonyl (C=O) groups excluding carboxylic acids is 1. The fourth-order valence-corrected chi connectivity index (χ4v) is 1.08. The van der Waals surface area contributed by atoms with Crippen LogP contribution in [0.2, 0.25) is 0 Å². The SMILES string of the molecule is C=C(CCC)C(=O)C(=C)CCC. The number of Topliss-reactive ketones (excluding diaryl/α,β-unsaturated/α-hetero) is 1. The van der Waals surface area contributed by atoms with Crippen LogP contribution in [0.1, 0.15) is 39.5 Å². The Morgan fingerprint density at radius 2 is 1.33 bits per heavy atom. The average Bonchev–Trinajstić information content (AvgIpc) is 2.04. The third kappa shape index (κ3) is 3.51. The second-order valence-electron chi connectivity index (χ2n) is 3.04.